The lowest BCUT2D eigenvalue weighted by atomic mass is 10.2. The molecule has 0 fully saturated rings. The third-order valence-electron chi connectivity index (χ3n) is 2.65. The van der Waals surface area contributed by atoms with Crippen molar-refractivity contribution in [1.82, 2.24) is 9.97 Å². The van der Waals surface area contributed by atoms with Crippen molar-refractivity contribution in [2.75, 3.05) is 0 Å². The summed E-state index contributed by atoms with van der Waals surface area (Å²) in [7, 11) is 0. The van der Waals surface area contributed by atoms with Crippen molar-refractivity contribution < 1.29 is 4.74 Å². The Bertz CT molecular complexity index is 821. The first-order valence-corrected chi connectivity index (χ1v) is 6.97. The van der Waals surface area contributed by atoms with Gasteiger partial charge in [-0.1, -0.05) is 0 Å². The smallest absolute Gasteiger partial charge is 0.232 e. The van der Waals surface area contributed by atoms with Gasteiger partial charge >= 0.3 is 0 Å². The average molecular weight is 302 g/mol. The number of fused-ring (bicyclic) bond motifs is 1. The summed E-state index contributed by atoms with van der Waals surface area (Å²) < 4.78 is 5.75. The maximum absolute atomic E-state index is 8.77. The van der Waals surface area contributed by atoms with Gasteiger partial charge in [0, 0.05) is 4.88 Å². The highest BCUT2D eigenvalue weighted by Crippen LogP contribution is 2.33. The predicted molar refractivity (Wildman–Crippen MR) is 78.4 cm³/mol. The number of aryl methyl sites for hydroxylation is 1. The first kappa shape index (κ1) is 12.9. The molecule has 0 radical (unpaired) electrons. The van der Waals surface area contributed by atoms with Crippen molar-refractivity contribution >= 4 is 33.2 Å². The van der Waals surface area contributed by atoms with E-state index in [2.05, 4.69) is 16.0 Å². The molecule has 3 rings (SSSR count). The summed E-state index contributed by atoms with van der Waals surface area (Å²) in [5.74, 6) is 1.03. The van der Waals surface area contributed by atoms with Crippen LogP contribution in [0.5, 0.6) is 11.6 Å². The number of aromatic nitrogens is 2. The van der Waals surface area contributed by atoms with Crippen molar-refractivity contribution in [3.8, 4) is 17.7 Å². The molecule has 0 N–H and O–H groups in total. The van der Waals surface area contributed by atoms with E-state index in [0.717, 1.165) is 15.1 Å². The molecule has 2 aromatic heterocycles. The Morgan fingerprint density at radius 3 is 2.70 bits per heavy atom. The second kappa shape index (κ2) is 5.08. The number of thiophene rings is 1. The summed E-state index contributed by atoms with van der Waals surface area (Å²) in [6.45, 7) is 1.99. The minimum Gasteiger partial charge on any atom is -0.438 e. The molecule has 0 aliphatic heterocycles. The molecule has 20 heavy (non-hydrogen) atoms. The topological polar surface area (TPSA) is 58.8 Å². The summed E-state index contributed by atoms with van der Waals surface area (Å²) in [6, 6.07) is 10.8. The molecule has 0 saturated heterocycles. The summed E-state index contributed by atoms with van der Waals surface area (Å²) in [4.78, 5) is 10.2. The molecule has 0 bridgehead atoms. The van der Waals surface area contributed by atoms with Gasteiger partial charge in [0.2, 0.25) is 11.2 Å². The van der Waals surface area contributed by atoms with Crippen molar-refractivity contribution in [2.24, 2.45) is 0 Å². The van der Waals surface area contributed by atoms with E-state index in [-0.39, 0.29) is 5.28 Å². The van der Waals surface area contributed by atoms with Gasteiger partial charge in [-0.05, 0) is 48.9 Å². The molecular weight excluding hydrogens is 294 g/mol. The SMILES string of the molecule is Cc1cc2c(Oc3ccc(C#N)cc3)nc(Cl)nc2s1. The van der Waals surface area contributed by atoms with Crippen molar-refractivity contribution in [2.45, 2.75) is 6.92 Å². The second-order valence-electron chi connectivity index (χ2n) is 4.11. The van der Waals surface area contributed by atoms with Gasteiger partial charge in [0.15, 0.2) is 0 Å². The van der Waals surface area contributed by atoms with Gasteiger partial charge in [-0.25, -0.2) is 4.98 Å². The minimum atomic E-state index is 0.156. The van der Waals surface area contributed by atoms with Crippen LogP contribution in [0.3, 0.4) is 0 Å². The Hall–Kier alpha value is -2.16. The normalized spacial score (nSPS) is 10.4. The molecule has 0 unspecified atom stereocenters. The number of hydrogen-bond acceptors (Lipinski definition) is 5. The van der Waals surface area contributed by atoms with Crippen molar-refractivity contribution in [3.05, 3.63) is 46.1 Å². The lowest BCUT2D eigenvalue weighted by Gasteiger charge is -2.05. The molecule has 0 spiro atoms. The number of halogens is 1. The average Bonchev–Trinajstić information content (AvgIpc) is 2.80. The summed E-state index contributed by atoms with van der Waals surface area (Å²) in [5.41, 5.74) is 0.578. The van der Waals surface area contributed by atoms with Gasteiger partial charge in [-0.3, -0.25) is 0 Å². The molecule has 0 aliphatic rings. The molecule has 0 saturated carbocycles. The largest absolute Gasteiger partial charge is 0.438 e. The molecular formula is C14H8ClN3OS. The Balaban J connectivity index is 2.03. The van der Waals surface area contributed by atoms with Crippen LogP contribution >= 0.6 is 22.9 Å². The van der Waals surface area contributed by atoms with E-state index in [1.54, 1.807) is 24.3 Å². The molecule has 0 aliphatic carbocycles. The van der Waals surface area contributed by atoms with Crippen LogP contribution < -0.4 is 4.74 Å². The molecule has 98 valence electrons. The van der Waals surface area contributed by atoms with Crippen LogP contribution in [0, 0.1) is 18.3 Å². The quantitative estimate of drug-likeness (QED) is 0.661. The third-order valence-corrected chi connectivity index (χ3v) is 3.77. The van der Waals surface area contributed by atoms with Crippen LogP contribution in [0.2, 0.25) is 5.28 Å². The zero-order valence-corrected chi connectivity index (χ0v) is 12.0. The molecule has 0 atom stereocenters. The molecule has 4 nitrogen and oxygen atoms in total. The number of nitrogens with zero attached hydrogens (tertiary/aromatic N) is 3. The number of nitriles is 1. The van der Waals surface area contributed by atoms with E-state index in [9.17, 15) is 0 Å². The van der Waals surface area contributed by atoms with Crippen LogP contribution in [0.4, 0.5) is 0 Å². The third kappa shape index (κ3) is 2.44. The Labute approximate surface area is 124 Å². The highest BCUT2D eigenvalue weighted by molar-refractivity contribution is 7.18. The second-order valence-corrected chi connectivity index (χ2v) is 5.68. The summed E-state index contributed by atoms with van der Waals surface area (Å²) >= 11 is 7.45. The van der Waals surface area contributed by atoms with Gasteiger partial charge in [-0.2, -0.15) is 10.2 Å². The summed E-state index contributed by atoms with van der Waals surface area (Å²) in [6.07, 6.45) is 0. The Kier molecular flexibility index (Phi) is 3.26. The fourth-order valence-electron chi connectivity index (χ4n) is 1.78. The number of hydrogen-bond donors (Lipinski definition) is 0. The van der Waals surface area contributed by atoms with E-state index in [4.69, 9.17) is 21.6 Å². The van der Waals surface area contributed by atoms with Crippen LogP contribution in [-0.2, 0) is 0 Å². The number of ether oxygens (including phenoxy) is 1. The zero-order chi connectivity index (χ0) is 14.1. The van der Waals surface area contributed by atoms with Gasteiger partial charge < -0.3 is 4.74 Å². The monoisotopic (exact) mass is 301 g/mol. The maximum Gasteiger partial charge on any atom is 0.232 e. The Morgan fingerprint density at radius 1 is 1.25 bits per heavy atom. The number of rotatable bonds is 2. The minimum absolute atomic E-state index is 0.156. The molecule has 3 aromatic rings. The van der Waals surface area contributed by atoms with E-state index in [1.807, 2.05) is 13.0 Å². The van der Waals surface area contributed by atoms with E-state index < -0.39 is 0 Å². The van der Waals surface area contributed by atoms with Gasteiger partial charge in [0.05, 0.1) is 17.0 Å². The van der Waals surface area contributed by atoms with Crippen LogP contribution in [-0.4, -0.2) is 9.97 Å². The van der Waals surface area contributed by atoms with Crippen LogP contribution in [0.25, 0.3) is 10.2 Å². The lowest BCUT2D eigenvalue weighted by molar-refractivity contribution is 0.468. The highest BCUT2D eigenvalue weighted by Gasteiger charge is 2.11. The molecule has 2 heterocycles. The summed E-state index contributed by atoms with van der Waals surface area (Å²) in [5, 5.41) is 9.76. The van der Waals surface area contributed by atoms with Crippen molar-refractivity contribution in [3.63, 3.8) is 0 Å². The zero-order valence-electron chi connectivity index (χ0n) is 10.4. The first-order chi connectivity index (χ1) is 9.65. The van der Waals surface area contributed by atoms with Crippen molar-refractivity contribution in [1.29, 1.82) is 5.26 Å². The highest BCUT2D eigenvalue weighted by atomic mass is 35.5. The Morgan fingerprint density at radius 2 is 2.00 bits per heavy atom. The molecule has 0 amide bonds. The van der Waals surface area contributed by atoms with E-state index >= 15 is 0 Å². The standard InChI is InChI=1S/C14H8ClN3OS/c1-8-6-11-12(17-14(15)18-13(11)20-8)19-10-4-2-9(7-16)3-5-10/h2-6H,1H3. The van der Waals surface area contributed by atoms with Crippen LogP contribution in [0.15, 0.2) is 30.3 Å². The van der Waals surface area contributed by atoms with Gasteiger partial charge in [-0.15, -0.1) is 11.3 Å². The van der Waals surface area contributed by atoms with Crippen LogP contribution in [0.1, 0.15) is 10.4 Å². The van der Waals surface area contributed by atoms with Gasteiger partial charge in [0.25, 0.3) is 0 Å². The first-order valence-electron chi connectivity index (χ1n) is 5.77. The predicted octanol–water partition coefficient (Wildman–Crippen LogP) is 4.32. The fraction of sp³-hybridized carbons (Fsp3) is 0.0714. The fourth-order valence-corrected chi connectivity index (χ4v) is 2.86. The number of benzene rings is 1. The van der Waals surface area contributed by atoms with E-state index in [0.29, 0.717) is 17.2 Å². The van der Waals surface area contributed by atoms with Gasteiger partial charge in [0.1, 0.15) is 10.6 Å². The lowest BCUT2D eigenvalue weighted by Crippen LogP contribution is -1.91. The van der Waals surface area contributed by atoms with E-state index in [1.165, 1.54) is 11.3 Å². The maximum atomic E-state index is 8.77. The molecule has 1 aromatic carbocycles. The molecule has 6 heteroatoms.